The molecule has 2 aliphatic rings. The maximum atomic E-state index is 5.65. The Bertz CT molecular complexity index is 630. The van der Waals surface area contributed by atoms with E-state index in [-0.39, 0.29) is 0 Å². The molecule has 166 valence electrons. The van der Waals surface area contributed by atoms with Crippen LogP contribution in [0.2, 0.25) is 0 Å². The maximum absolute atomic E-state index is 5.65. The van der Waals surface area contributed by atoms with Crippen molar-refractivity contribution in [1.29, 1.82) is 0 Å². The van der Waals surface area contributed by atoms with Crippen LogP contribution in [0.5, 0.6) is 5.75 Å². The highest BCUT2D eigenvalue weighted by atomic mass is 16.5. The molecule has 1 aromatic rings. The topological polar surface area (TPSA) is 18.5 Å². The van der Waals surface area contributed by atoms with Crippen molar-refractivity contribution in [3.05, 3.63) is 28.8 Å². The van der Waals surface area contributed by atoms with Crippen molar-refractivity contribution in [3.63, 3.8) is 0 Å². The summed E-state index contributed by atoms with van der Waals surface area (Å²) >= 11 is 0. The molecule has 29 heavy (non-hydrogen) atoms. The second-order valence-electron chi connectivity index (χ2n) is 10.4. The van der Waals surface area contributed by atoms with Gasteiger partial charge in [0.25, 0.3) is 0 Å². The number of methoxy groups -OCH3 is 1. The van der Waals surface area contributed by atoms with Gasteiger partial charge in [-0.1, -0.05) is 67.9 Å². The molecule has 2 nitrogen and oxygen atoms in total. The quantitative estimate of drug-likeness (QED) is 0.505. The van der Waals surface area contributed by atoms with Crippen molar-refractivity contribution in [1.82, 2.24) is 0 Å². The lowest BCUT2D eigenvalue weighted by molar-refractivity contribution is -0.0369. The molecule has 1 aliphatic carbocycles. The van der Waals surface area contributed by atoms with Crippen LogP contribution in [0, 0.1) is 23.7 Å². The third-order valence-corrected chi connectivity index (χ3v) is 7.04. The van der Waals surface area contributed by atoms with E-state index in [1.165, 1.54) is 36.0 Å². The highest BCUT2D eigenvalue weighted by Crippen LogP contribution is 2.40. The van der Waals surface area contributed by atoms with Gasteiger partial charge in [0, 0.05) is 19.1 Å². The monoisotopic (exact) mass is 402 g/mol. The van der Waals surface area contributed by atoms with Crippen molar-refractivity contribution in [2.24, 2.45) is 23.7 Å². The highest BCUT2D eigenvalue weighted by Gasteiger charge is 2.36. The molecule has 1 heterocycles. The normalized spacial score (nSPS) is 24.0. The summed E-state index contributed by atoms with van der Waals surface area (Å²) in [4.78, 5) is 0. The Morgan fingerprint density at radius 3 is 2.10 bits per heavy atom. The first kappa shape index (κ1) is 24.3. The standard InChI is InChI=1S/C14H20O.C13H26O/c1-9(2)11-5-6-13-12(7-8-15-13)14(11)10(3)4;1-9(2)11-7-6-8-12(14-5)13(11)10(3)4/h5-6,9-10H,7-8H2,1-4H3;9-13H,6-8H2,1-5H3. The minimum absolute atomic E-state index is 0.510. The second-order valence-corrected chi connectivity index (χ2v) is 10.4. The molecule has 3 unspecified atom stereocenters. The summed E-state index contributed by atoms with van der Waals surface area (Å²) in [7, 11) is 1.88. The third-order valence-electron chi connectivity index (χ3n) is 7.04. The lowest BCUT2D eigenvalue weighted by Crippen LogP contribution is -2.39. The molecule has 0 bridgehead atoms. The predicted molar refractivity (Wildman–Crippen MR) is 125 cm³/mol. The first-order chi connectivity index (χ1) is 13.7. The Morgan fingerprint density at radius 2 is 1.59 bits per heavy atom. The number of benzene rings is 1. The number of hydrogen-bond donors (Lipinski definition) is 0. The Balaban J connectivity index is 0.000000208. The van der Waals surface area contributed by atoms with Crippen LogP contribution in [-0.2, 0) is 11.2 Å². The fourth-order valence-electron chi connectivity index (χ4n) is 5.70. The fraction of sp³-hybridized carbons (Fsp3) is 0.778. The molecule has 0 spiro atoms. The minimum atomic E-state index is 0.510. The lowest BCUT2D eigenvalue weighted by Gasteiger charge is -2.42. The SMILES string of the molecule is CC(C)c1ccc2c(c1C(C)C)CCO2.COC1CCCC(C(C)C)C1C(C)C. The van der Waals surface area contributed by atoms with Gasteiger partial charge < -0.3 is 9.47 Å². The van der Waals surface area contributed by atoms with Gasteiger partial charge in [-0.25, -0.2) is 0 Å². The van der Waals surface area contributed by atoms with Crippen LogP contribution in [0.15, 0.2) is 12.1 Å². The van der Waals surface area contributed by atoms with Crippen molar-refractivity contribution < 1.29 is 9.47 Å². The molecule has 1 aliphatic heterocycles. The van der Waals surface area contributed by atoms with Crippen LogP contribution in [0.1, 0.15) is 103 Å². The van der Waals surface area contributed by atoms with Gasteiger partial charge in [0.15, 0.2) is 0 Å². The Kier molecular flexibility index (Phi) is 9.07. The molecular formula is C27H46O2. The second kappa shape index (κ2) is 10.8. The van der Waals surface area contributed by atoms with Gasteiger partial charge >= 0.3 is 0 Å². The Morgan fingerprint density at radius 1 is 0.897 bits per heavy atom. The number of ether oxygens (including phenoxy) is 2. The maximum Gasteiger partial charge on any atom is 0.122 e. The number of rotatable bonds is 5. The molecule has 1 saturated carbocycles. The lowest BCUT2D eigenvalue weighted by atomic mass is 9.67. The van der Waals surface area contributed by atoms with E-state index in [0.29, 0.717) is 17.9 Å². The summed E-state index contributed by atoms with van der Waals surface area (Å²) in [6, 6.07) is 4.38. The zero-order valence-corrected chi connectivity index (χ0v) is 20.5. The van der Waals surface area contributed by atoms with Crippen LogP contribution in [-0.4, -0.2) is 19.8 Å². The van der Waals surface area contributed by atoms with Crippen LogP contribution < -0.4 is 4.74 Å². The van der Waals surface area contributed by atoms with Gasteiger partial charge in [0.2, 0.25) is 0 Å². The fourth-order valence-corrected chi connectivity index (χ4v) is 5.70. The molecule has 3 rings (SSSR count). The van der Waals surface area contributed by atoms with Gasteiger partial charge in [-0.2, -0.15) is 0 Å². The summed E-state index contributed by atoms with van der Waals surface area (Å²) in [5, 5.41) is 0. The van der Waals surface area contributed by atoms with Gasteiger partial charge in [-0.15, -0.1) is 0 Å². The molecule has 0 N–H and O–H groups in total. The summed E-state index contributed by atoms with van der Waals surface area (Å²) in [5.41, 5.74) is 4.48. The van der Waals surface area contributed by atoms with E-state index in [1.54, 1.807) is 0 Å². The summed E-state index contributed by atoms with van der Waals surface area (Å²) in [6.45, 7) is 19.4. The van der Waals surface area contributed by atoms with Crippen molar-refractivity contribution in [2.75, 3.05) is 13.7 Å². The first-order valence-corrected chi connectivity index (χ1v) is 12.0. The molecule has 0 radical (unpaired) electrons. The highest BCUT2D eigenvalue weighted by molar-refractivity contribution is 5.49. The van der Waals surface area contributed by atoms with E-state index in [1.807, 2.05) is 7.11 Å². The largest absolute Gasteiger partial charge is 0.493 e. The zero-order valence-electron chi connectivity index (χ0n) is 20.5. The van der Waals surface area contributed by atoms with E-state index >= 15 is 0 Å². The summed E-state index contributed by atoms with van der Waals surface area (Å²) in [5.74, 6) is 5.52. The van der Waals surface area contributed by atoms with Crippen LogP contribution in [0.25, 0.3) is 0 Å². The van der Waals surface area contributed by atoms with Gasteiger partial charge in [-0.3, -0.25) is 0 Å². The average Bonchev–Trinajstić information content (AvgIpc) is 3.15. The summed E-state index contributed by atoms with van der Waals surface area (Å²) in [6.07, 6.45) is 5.62. The van der Waals surface area contributed by atoms with Crippen LogP contribution >= 0.6 is 0 Å². The molecule has 2 heteroatoms. The zero-order chi connectivity index (χ0) is 21.7. The molecule has 1 aromatic carbocycles. The van der Waals surface area contributed by atoms with Crippen molar-refractivity contribution in [3.8, 4) is 5.75 Å². The number of hydrogen-bond acceptors (Lipinski definition) is 2. The number of fused-ring (bicyclic) bond motifs is 1. The Labute approximate surface area is 180 Å². The van der Waals surface area contributed by atoms with E-state index in [9.17, 15) is 0 Å². The molecular weight excluding hydrogens is 356 g/mol. The first-order valence-electron chi connectivity index (χ1n) is 12.0. The van der Waals surface area contributed by atoms with Gasteiger partial charge in [0.05, 0.1) is 12.7 Å². The Hall–Kier alpha value is -1.02. The average molecular weight is 403 g/mol. The molecule has 0 aromatic heterocycles. The van der Waals surface area contributed by atoms with E-state index in [2.05, 4.69) is 67.5 Å². The van der Waals surface area contributed by atoms with E-state index in [0.717, 1.165) is 42.4 Å². The van der Waals surface area contributed by atoms with E-state index in [4.69, 9.17) is 9.47 Å². The van der Waals surface area contributed by atoms with Crippen molar-refractivity contribution in [2.45, 2.75) is 99.0 Å². The van der Waals surface area contributed by atoms with Crippen molar-refractivity contribution >= 4 is 0 Å². The minimum Gasteiger partial charge on any atom is -0.493 e. The van der Waals surface area contributed by atoms with Gasteiger partial charge in [-0.05, 0) is 65.5 Å². The molecule has 3 atom stereocenters. The van der Waals surface area contributed by atoms with Crippen LogP contribution in [0.3, 0.4) is 0 Å². The van der Waals surface area contributed by atoms with Gasteiger partial charge in [0.1, 0.15) is 5.75 Å². The van der Waals surface area contributed by atoms with Crippen LogP contribution in [0.4, 0.5) is 0 Å². The predicted octanol–water partition coefficient (Wildman–Crippen LogP) is 7.60. The van der Waals surface area contributed by atoms with E-state index < -0.39 is 0 Å². The smallest absolute Gasteiger partial charge is 0.122 e. The molecule has 1 fully saturated rings. The summed E-state index contributed by atoms with van der Waals surface area (Å²) < 4.78 is 11.3. The molecule has 0 amide bonds. The third kappa shape index (κ3) is 5.78. The molecule has 0 saturated heterocycles.